The first kappa shape index (κ1) is 12.2. The van der Waals surface area contributed by atoms with E-state index < -0.39 is 0 Å². The Morgan fingerprint density at radius 1 is 1.20 bits per heavy atom. The zero-order valence-electron chi connectivity index (χ0n) is 9.52. The maximum Gasteiger partial charge on any atom is 0.186 e. The number of hydrogen-bond donors (Lipinski definition) is 0. The van der Waals surface area contributed by atoms with Gasteiger partial charge in [0.25, 0.3) is 0 Å². The lowest BCUT2D eigenvalue weighted by Crippen LogP contribution is -2.02. The number of halogens is 1. The molecule has 1 aromatic carbocycles. The van der Waals surface area contributed by atoms with Gasteiger partial charge in [-0.25, -0.2) is 0 Å². The van der Waals surface area contributed by atoms with Gasteiger partial charge in [0, 0.05) is 10.0 Å². The van der Waals surface area contributed by atoms with Crippen LogP contribution in [-0.2, 0) is 0 Å². The van der Waals surface area contributed by atoms with Crippen LogP contribution < -0.4 is 0 Å². The molecule has 0 bridgehead atoms. The molecule has 0 radical (unpaired) electrons. The Kier molecular flexibility index (Phi) is 3.86. The largest absolute Gasteiger partial charge is 0.289 e. The van der Waals surface area contributed by atoms with Crippen LogP contribution in [0.1, 0.15) is 35.3 Å². The quantitative estimate of drug-likeness (QED) is 0.579. The Labute approximate surface area is 99.3 Å². The second-order valence-corrected chi connectivity index (χ2v) is 4.92. The molecule has 1 nitrogen and oxygen atoms in total. The van der Waals surface area contributed by atoms with Crippen molar-refractivity contribution in [2.24, 2.45) is 0 Å². The van der Waals surface area contributed by atoms with Crippen LogP contribution in [0.15, 0.2) is 28.3 Å². The molecule has 0 amide bonds. The monoisotopic (exact) mass is 266 g/mol. The van der Waals surface area contributed by atoms with E-state index in [0.717, 1.165) is 26.7 Å². The first-order valence-electron chi connectivity index (χ1n) is 4.88. The highest BCUT2D eigenvalue weighted by Crippen LogP contribution is 2.21. The van der Waals surface area contributed by atoms with Crippen LogP contribution in [0.2, 0.25) is 0 Å². The van der Waals surface area contributed by atoms with Gasteiger partial charge in [-0.3, -0.25) is 4.79 Å². The second kappa shape index (κ2) is 4.75. The molecule has 0 heterocycles. The summed E-state index contributed by atoms with van der Waals surface area (Å²) in [5.41, 5.74) is 3.88. The van der Waals surface area contributed by atoms with Crippen LogP contribution in [0.4, 0.5) is 0 Å². The average Bonchev–Trinajstić information content (AvgIpc) is 1.99. The zero-order chi connectivity index (χ0) is 11.6. The van der Waals surface area contributed by atoms with Gasteiger partial charge in [0.2, 0.25) is 0 Å². The van der Waals surface area contributed by atoms with Crippen molar-refractivity contribution in [2.45, 2.75) is 27.7 Å². The van der Waals surface area contributed by atoms with E-state index in [1.54, 1.807) is 6.08 Å². The summed E-state index contributed by atoms with van der Waals surface area (Å²) < 4.78 is 1.02. The molecule has 80 valence electrons. The topological polar surface area (TPSA) is 17.1 Å². The fraction of sp³-hybridized carbons (Fsp3) is 0.308. The maximum absolute atomic E-state index is 11.9. The van der Waals surface area contributed by atoms with Crippen LogP contribution in [0, 0.1) is 13.8 Å². The Hall–Kier alpha value is -0.890. The molecule has 0 saturated heterocycles. The van der Waals surface area contributed by atoms with E-state index in [1.165, 1.54) is 0 Å². The maximum atomic E-state index is 11.9. The number of rotatable bonds is 2. The minimum absolute atomic E-state index is 0.0949. The molecule has 2 heteroatoms. The van der Waals surface area contributed by atoms with E-state index in [4.69, 9.17) is 0 Å². The van der Waals surface area contributed by atoms with E-state index in [-0.39, 0.29) is 5.78 Å². The minimum atomic E-state index is 0.0949. The third-order valence-electron chi connectivity index (χ3n) is 2.16. The van der Waals surface area contributed by atoms with Gasteiger partial charge in [0.05, 0.1) is 0 Å². The lowest BCUT2D eigenvalue weighted by atomic mass is 9.98. The number of benzene rings is 1. The summed E-state index contributed by atoms with van der Waals surface area (Å²) >= 11 is 3.42. The van der Waals surface area contributed by atoms with Gasteiger partial charge in [0.15, 0.2) is 5.78 Å². The smallest absolute Gasteiger partial charge is 0.186 e. The van der Waals surface area contributed by atoms with Crippen molar-refractivity contribution in [1.82, 2.24) is 0 Å². The molecule has 0 aromatic heterocycles. The number of carbonyl (C=O) groups is 1. The summed E-state index contributed by atoms with van der Waals surface area (Å²) in [6, 6.07) is 3.94. The molecule has 0 aliphatic heterocycles. The summed E-state index contributed by atoms with van der Waals surface area (Å²) in [6.07, 6.45) is 1.68. The van der Waals surface area contributed by atoms with Crippen LogP contribution in [-0.4, -0.2) is 5.78 Å². The standard InChI is InChI=1S/C13H15BrO/c1-8(2)5-12(15)13-9(3)6-11(14)7-10(13)4/h5-7H,1-4H3. The molecule has 1 aromatic rings. The fourth-order valence-electron chi connectivity index (χ4n) is 1.63. The van der Waals surface area contributed by atoms with Crippen LogP contribution in [0.25, 0.3) is 0 Å². The predicted octanol–water partition coefficient (Wildman–Crippen LogP) is 4.21. The molecule has 0 unspecified atom stereocenters. The SMILES string of the molecule is CC(C)=CC(=O)c1c(C)cc(Br)cc1C. The van der Waals surface area contributed by atoms with Crippen molar-refractivity contribution in [3.8, 4) is 0 Å². The summed E-state index contributed by atoms with van der Waals surface area (Å²) in [4.78, 5) is 11.9. The summed E-state index contributed by atoms with van der Waals surface area (Å²) in [5, 5.41) is 0. The molecule has 0 fully saturated rings. The second-order valence-electron chi connectivity index (χ2n) is 4.00. The van der Waals surface area contributed by atoms with Crippen molar-refractivity contribution >= 4 is 21.7 Å². The van der Waals surface area contributed by atoms with Gasteiger partial charge < -0.3 is 0 Å². The van der Waals surface area contributed by atoms with Gasteiger partial charge in [-0.05, 0) is 57.0 Å². The molecule has 0 aliphatic rings. The summed E-state index contributed by atoms with van der Waals surface area (Å²) in [5.74, 6) is 0.0949. The van der Waals surface area contributed by atoms with Gasteiger partial charge in [-0.2, -0.15) is 0 Å². The van der Waals surface area contributed by atoms with E-state index in [0.29, 0.717) is 0 Å². The Balaban J connectivity index is 3.26. The lowest BCUT2D eigenvalue weighted by molar-refractivity contribution is 0.104. The molecular formula is C13H15BrO. The van der Waals surface area contributed by atoms with Crippen molar-refractivity contribution in [1.29, 1.82) is 0 Å². The van der Waals surface area contributed by atoms with E-state index in [9.17, 15) is 4.79 Å². The minimum Gasteiger partial charge on any atom is -0.289 e. The number of hydrogen-bond acceptors (Lipinski definition) is 1. The van der Waals surface area contributed by atoms with Gasteiger partial charge >= 0.3 is 0 Å². The highest BCUT2D eigenvalue weighted by Gasteiger charge is 2.10. The molecule has 1 rings (SSSR count). The van der Waals surface area contributed by atoms with Crippen molar-refractivity contribution in [2.75, 3.05) is 0 Å². The molecule has 0 aliphatic carbocycles. The fourth-order valence-corrected chi connectivity index (χ4v) is 2.32. The third kappa shape index (κ3) is 3.03. The average molecular weight is 267 g/mol. The summed E-state index contributed by atoms with van der Waals surface area (Å²) in [6.45, 7) is 7.79. The predicted molar refractivity (Wildman–Crippen MR) is 67.4 cm³/mol. The molecule has 0 spiro atoms. The third-order valence-corrected chi connectivity index (χ3v) is 2.62. The zero-order valence-corrected chi connectivity index (χ0v) is 11.1. The number of carbonyl (C=O) groups excluding carboxylic acids is 1. The van der Waals surface area contributed by atoms with Crippen LogP contribution >= 0.6 is 15.9 Å². The first-order chi connectivity index (χ1) is 6.91. The van der Waals surface area contributed by atoms with Gasteiger partial charge in [0.1, 0.15) is 0 Å². The van der Waals surface area contributed by atoms with Crippen LogP contribution in [0.3, 0.4) is 0 Å². The van der Waals surface area contributed by atoms with Gasteiger partial charge in [-0.1, -0.05) is 21.5 Å². The van der Waals surface area contributed by atoms with Crippen molar-refractivity contribution in [3.63, 3.8) is 0 Å². The Morgan fingerprint density at radius 3 is 2.07 bits per heavy atom. The highest BCUT2D eigenvalue weighted by molar-refractivity contribution is 9.10. The summed E-state index contributed by atoms with van der Waals surface area (Å²) in [7, 11) is 0. The Morgan fingerprint density at radius 2 is 1.67 bits per heavy atom. The molecular weight excluding hydrogens is 252 g/mol. The van der Waals surface area contributed by atoms with Crippen LogP contribution in [0.5, 0.6) is 0 Å². The molecule has 0 saturated carbocycles. The number of allylic oxidation sites excluding steroid dienone is 2. The number of aryl methyl sites for hydroxylation is 2. The first-order valence-corrected chi connectivity index (χ1v) is 5.67. The highest BCUT2D eigenvalue weighted by atomic mass is 79.9. The molecule has 0 atom stereocenters. The van der Waals surface area contributed by atoms with Crippen molar-refractivity contribution < 1.29 is 4.79 Å². The molecule has 15 heavy (non-hydrogen) atoms. The van der Waals surface area contributed by atoms with Crippen molar-refractivity contribution in [3.05, 3.63) is 44.9 Å². The van der Waals surface area contributed by atoms with E-state index in [2.05, 4.69) is 15.9 Å². The Bertz CT molecular complexity index is 403. The lowest BCUT2D eigenvalue weighted by Gasteiger charge is -2.07. The van der Waals surface area contributed by atoms with E-state index >= 15 is 0 Å². The molecule has 0 N–H and O–H groups in total. The normalized spacial score (nSPS) is 9.93. The van der Waals surface area contributed by atoms with E-state index in [1.807, 2.05) is 39.8 Å². The number of ketones is 1. The van der Waals surface area contributed by atoms with Gasteiger partial charge in [-0.15, -0.1) is 0 Å².